The van der Waals surface area contributed by atoms with E-state index in [2.05, 4.69) is 121 Å². The molecule has 4 aromatic carbocycles. The Bertz CT molecular complexity index is 996. The van der Waals surface area contributed by atoms with Gasteiger partial charge in [-0.15, -0.1) is 0 Å². The van der Waals surface area contributed by atoms with Crippen molar-refractivity contribution in [2.75, 3.05) is 0 Å². The third kappa shape index (κ3) is 5.26. The fraction of sp³-hybridized carbons (Fsp3) is 0.143. The minimum atomic E-state index is -1.21. The van der Waals surface area contributed by atoms with E-state index in [0.717, 1.165) is 0 Å². The molecular weight excluding hydrogens is 636 g/mol. The Labute approximate surface area is 206 Å². The van der Waals surface area contributed by atoms with Crippen LogP contribution in [-0.4, -0.2) is 46.2 Å². The van der Waals surface area contributed by atoms with Crippen LogP contribution in [0.15, 0.2) is 121 Å². The fourth-order valence-corrected chi connectivity index (χ4v) is 166. The van der Waals surface area contributed by atoms with Gasteiger partial charge in [0, 0.05) is 0 Å². The average Bonchev–Trinajstić information content (AvgIpc) is 2.86. The molecule has 0 bridgehead atoms. The maximum absolute atomic E-state index is 2.52. The summed E-state index contributed by atoms with van der Waals surface area (Å²) in [5, 5.41) is 3.03. The van der Waals surface area contributed by atoms with Gasteiger partial charge in [0.05, 0.1) is 0 Å². The molecule has 4 aromatic rings. The molecule has 1 heterocycles. The average molecular weight is 664 g/mol. The summed E-state index contributed by atoms with van der Waals surface area (Å²) in [6, 6.07) is 47.4. The SMILES string of the molecule is c1ccc([As]2CCCC[As](c3ccccc3)[As](c3ccccc3)[As]2c2ccccc2)cc1. The van der Waals surface area contributed by atoms with Crippen molar-refractivity contribution in [3.05, 3.63) is 121 Å². The first-order valence-electron chi connectivity index (χ1n) is 11.3. The van der Waals surface area contributed by atoms with Gasteiger partial charge in [-0.1, -0.05) is 0 Å². The van der Waals surface area contributed by atoms with E-state index in [9.17, 15) is 0 Å². The third-order valence-electron chi connectivity index (χ3n) is 5.71. The van der Waals surface area contributed by atoms with Crippen LogP contribution >= 0.6 is 0 Å². The van der Waals surface area contributed by atoms with Crippen molar-refractivity contribution in [2.45, 2.75) is 23.3 Å². The fourth-order valence-electron chi connectivity index (χ4n) is 4.21. The van der Waals surface area contributed by atoms with Gasteiger partial charge < -0.3 is 0 Å². The molecule has 0 spiro atoms. The van der Waals surface area contributed by atoms with Gasteiger partial charge in [0.25, 0.3) is 0 Å². The topological polar surface area (TPSA) is 0 Å². The first kappa shape index (κ1) is 22.9. The Hall–Kier alpha value is -0.886. The van der Waals surface area contributed by atoms with Gasteiger partial charge >= 0.3 is 208 Å². The van der Waals surface area contributed by atoms with Gasteiger partial charge in [0.1, 0.15) is 0 Å². The number of hydrogen-bond acceptors (Lipinski definition) is 0. The molecular formula is C28H28As4. The van der Waals surface area contributed by atoms with Crippen molar-refractivity contribution in [1.29, 1.82) is 0 Å². The summed E-state index contributed by atoms with van der Waals surface area (Å²) >= 11 is -2.27. The van der Waals surface area contributed by atoms with Crippen molar-refractivity contribution >= 4 is 63.6 Å². The summed E-state index contributed by atoms with van der Waals surface area (Å²) in [7, 11) is -2.42. The Morgan fingerprint density at radius 2 is 0.625 bits per heavy atom. The van der Waals surface area contributed by atoms with Gasteiger partial charge in [-0.3, -0.25) is 0 Å². The van der Waals surface area contributed by atoms with Crippen LogP contribution in [0.1, 0.15) is 12.8 Å². The van der Waals surface area contributed by atoms with E-state index < -0.39 is 46.2 Å². The van der Waals surface area contributed by atoms with Gasteiger partial charge in [-0.25, -0.2) is 0 Å². The molecule has 0 N–H and O–H groups in total. The van der Waals surface area contributed by atoms with Gasteiger partial charge in [0.2, 0.25) is 0 Å². The standard InChI is InChI=1S/C28H28As4/c1-5-15-25(16-6-1)29-23-13-14-24-30(26-17-7-2-8-18-26)32(28-21-11-4-12-22-28)31(29)27-19-9-3-10-20-27/h1-12,15-22H,13-14,23-24H2. The quantitative estimate of drug-likeness (QED) is 0.293. The van der Waals surface area contributed by atoms with Crippen LogP contribution in [0.4, 0.5) is 0 Å². The zero-order valence-electron chi connectivity index (χ0n) is 18.2. The van der Waals surface area contributed by atoms with E-state index in [1.165, 1.54) is 23.3 Å². The summed E-state index contributed by atoms with van der Waals surface area (Å²) < 4.78 is 7.07. The second-order valence-electron chi connectivity index (χ2n) is 7.87. The molecule has 0 saturated carbocycles. The van der Waals surface area contributed by atoms with E-state index in [1.807, 2.05) is 0 Å². The Balaban J connectivity index is 1.72. The van der Waals surface area contributed by atoms with Gasteiger partial charge in [-0.2, -0.15) is 0 Å². The van der Waals surface area contributed by atoms with Crippen LogP contribution < -0.4 is 17.4 Å². The number of benzene rings is 4. The van der Waals surface area contributed by atoms with E-state index in [4.69, 9.17) is 0 Å². The van der Waals surface area contributed by atoms with Crippen molar-refractivity contribution in [1.82, 2.24) is 0 Å². The summed E-state index contributed by atoms with van der Waals surface area (Å²) in [5.41, 5.74) is 0. The zero-order valence-corrected chi connectivity index (χ0v) is 25.7. The molecule has 0 radical (unpaired) electrons. The zero-order chi connectivity index (χ0) is 21.6. The van der Waals surface area contributed by atoms with Crippen molar-refractivity contribution in [3.8, 4) is 0 Å². The van der Waals surface area contributed by atoms with Crippen LogP contribution in [0.5, 0.6) is 0 Å². The van der Waals surface area contributed by atoms with E-state index in [1.54, 1.807) is 17.4 Å². The van der Waals surface area contributed by atoms with Gasteiger partial charge in [-0.05, 0) is 0 Å². The summed E-state index contributed by atoms with van der Waals surface area (Å²) in [4.78, 5) is 0. The predicted molar refractivity (Wildman–Crippen MR) is 146 cm³/mol. The first-order valence-corrected chi connectivity index (χ1v) is 33.3. The Morgan fingerprint density at radius 3 is 0.938 bits per heavy atom. The Morgan fingerprint density at radius 1 is 0.344 bits per heavy atom. The predicted octanol–water partition coefficient (Wildman–Crippen LogP) is 3.62. The summed E-state index contributed by atoms with van der Waals surface area (Å²) in [6.45, 7) is 0. The molecule has 4 heteroatoms. The van der Waals surface area contributed by atoms with Crippen LogP contribution in [-0.2, 0) is 0 Å². The molecule has 4 atom stereocenters. The molecule has 32 heavy (non-hydrogen) atoms. The molecule has 4 unspecified atom stereocenters. The molecule has 1 aliphatic rings. The van der Waals surface area contributed by atoms with E-state index in [-0.39, 0.29) is 0 Å². The summed E-state index contributed by atoms with van der Waals surface area (Å²) in [5.74, 6) is 0. The van der Waals surface area contributed by atoms with E-state index in [0.29, 0.717) is 0 Å². The Kier molecular flexibility index (Phi) is 8.22. The molecule has 1 saturated heterocycles. The molecule has 0 aliphatic carbocycles. The molecule has 1 aliphatic heterocycles. The van der Waals surface area contributed by atoms with Crippen molar-refractivity contribution in [3.63, 3.8) is 0 Å². The van der Waals surface area contributed by atoms with Gasteiger partial charge in [0.15, 0.2) is 0 Å². The number of rotatable bonds is 4. The van der Waals surface area contributed by atoms with Crippen LogP contribution in [0.25, 0.3) is 0 Å². The molecule has 160 valence electrons. The van der Waals surface area contributed by atoms with Crippen molar-refractivity contribution < 1.29 is 0 Å². The second-order valence-corrected chi connectivity index (χ2v) is 63.3. The normalized spacial score (nSPS) is 23.8. The maximum atomic E-state index is 2.52. The van der Waals surface area contributed by atoms with Crippen LogP contribution in [0.2, 0.25) is 10.4 Å². The third-order valence-corrected chi connectivity index (χ3v) is 114. The molecule has 1 fully saturated rings. The minimum absolute atomic E-state index is 1.13. The van der Waals surface area contributed by atoms with Crippen molar-refractivity contribution in [2.24, 2.45) is 0 Å². The van der Waals surface area contributed by atoms with Crippen LogP contribution in [0, 0.1) is 0 Å². The molecule has 0 nitrogen and oxygen atoms in total. The summed E-state index contributed by atoms with van der Waals surface area (Å²) in [6.07, 6.45) is 2.89. The number of hydrogen-bond donors (Lipinski definition) is 0. The van der Waals surface area contributed by atoms with Crippen LogP contribution in [0.3, 0.4) is 0 Å². The molecule has 5 rings (SSSR count). The van der Waals surface area contributed by atoms with E-state index >= 15 is 0 Å². The second kappa shape index (κ2) is 11.5. The monoisotopic (exact) mass is 664 g/mol. The molecule has 0 amide bonds. The first-order chi connectivity index (χ1) is 15.9. The molecule has 0 aromatic heterocycles.